The number of aliphatic hydroxyl groups is 1. The van der Waals surface area contributed by atoms with Gasteiger partial charge in [0.15, 0.2) is 0 Å². The van der Waals surface area contributed by atoms with Crippen molar-refractivity contribution in [1.29, 1.82) is 0 Å². The van der Waals surface area contributed by atoms with Gasteiger partial charge in [-0.1, -0.05) is 24.3 Å². The van der Waals surface area contributed by atoms with Crippen LogP contribution >= 0.6 is 0 Å². The zero-order valence-electron chi connectivity index (χ0n) is 17.6. The number of anilines is 1. The Morgan fingerprint density at radius 1 is 1.22 bits per heavy atom. The van der Waals surface area contributed by atoms with Gasteiger partial charge in [0.2, 0.25) is 0 Å². The number of hydrogen-bond donors (Lipinski definition) is 4. The molecule has 32 heavy (non-hydrogen) atoms. The topological polar surface area (TPSA) is 82.6 Å². The third-order valence-electron chi connectivity index (χ3n) is 6.38. The number of rotatable bonds is 5. The monoisotopic (exact) mass is 451 g/mol. The van der Waals surface area contributed by atoms with E-state index < -0.39 is 23.9 Å². The minimum Gasteiger partial charge on any atom is -0.395 e. The fourth-order valence-electron chi connectivity index (χ4n) is 4.85. The lowest BCUT2D eigenvalue weighted by molar-refractivity contribution is -0.138. The third kappa shape index (κ3) is 4.94. The molecule has 0 spiro atoms. The van der Waals surface area contributed by atoms with Crippen molar-refractivity contribution in [2.24, 2.45) is 11.8 Å². The molecule has 6 nitrogen and oxygen atoms in total. The number of alkyl halides is 3. The Kier molecular flexibility index (Phi) is 6.76. The van der Waals surface area contributed by atoms with Gasteiger partial charge in [0, 0.05) is 42.2 Å². The number of carbonyl (C=O) groups is 1. The summed E-state index contributed by atoms with van der Waals surface area (Å²) in [5, 5.41) is 17.5. The smallest absolute Gasteiger partial charge is 0.395 e. The van der Waals surface area contributed by atoms with Crippen LogP contribution in [0.25, 0.3) is 0 Å². The van der Waals surface area contributed by atoms with Gasteiger partial charge in [0.25, 0.3) is 0 Å². The molecule has 1 aromatic carbocycles. The van der Waals surface area contributed by atoms with Gasteiger partial charge in [-0.05, 0) is 37.5 Å². The fourth-order valence-corrected chi connectivity index (χ4v) is 4.85. The zero-order chi connectivity index (χ0) is 22.7. The molecule has 0 saturated carbocycles. The number of nitrogens with one attached hydrogen (secondary N) is 3. The molecule has 2 amide bonds. The lowest BCUT2D eigenvalue weighted by Crippen LogP contribution is -2.49. The summed E-state index contributed by atoms with van der Waals surface area (Å²) >= 11 is 0. The van der Waals surface area contributed by atoms with E-state index in [4.69, 9.17) is 9.84 Å². The molecule has 1 unspecified atom stereocenters. The van der Waals surface area contributed by atoms with E-state index in [0.29, 0.717) is 17.7 Å². The second kappa shape index (κ2) is 9.54. The Bertz CT molecular complexity index is 887. The minimum atomic E-state index is -4.43. The van der Waals surface area contributed by atoms with Gasteiger partial charge in [-0.3, -0.25) is 0 Å². The number of halogens is 3. The van der Waals surface area contributed by atoms with Crippen molar-refractivity contribution in [3.8, 4) is 0 Å². The highest BCUT2D eigenvalue weighted by Gasteiger charge is 2.45. The van der Waals surface area contributed by atoms with Crippen molar-refractivity contribution in [3.05, 3.63) is 53.6 Å². The molecule has 1 aliphatic carbocycles. The van der Waals surface area contributed by atoms with Crippen LogP contribution in [-0.2, 0) is 10.9 Å². The van der Waals surface area contributed by atoms with Crippen LogP contribution in [0.2, 0.25) is 0 Å². The Hall–Kier alpha value is -2.52. The number of benzene rings is 1. The molecule has 4 N–H and O–H groups in total. The molecule has 174 valence electrons. The van der Waals surface area contributed by atoms with Crippen molar-refractivity contribution in [2.45, 2.75) is 43.7 Å². The number of ether oxygens (including phenoxy) is 1. The minimum absolute atomic E-state index is 0.0200. The average molecular weight is 451 g/mol. The van der Waals surface area contributed by atoms with E-state index in [1.54, 1.807) is 0 Å². The van der Waals surface area contributed by atoms with Crippen molar-refractivity contribution >= 4 is 11.7 Å². The summed E-state index contributed by atoms with van der Waals surface area (Å²) in [6.45, 7) is 0.236. The zero-order valence-corrected chi connectivity index (χ0v) is 17.6. The van der Waals surface area contributed by atoms with Gasteiger partial charge in [-0.2, -0.15) is 13.2 Å². The Morgan fingerprint density at radius 3 is 2.78 bits per heavy atom. The largest absolute Gasteiger partial charge is 0.416 e. The number of carbonyl (C=O) groups excluding carboxylic acids is 1. The maximum Gasteiger partial charge on any atom is 0.416 e. The molecule has 3 aliphatic rings. The molecule has 2 aliphatic heterocycles. The lowest BCUT2D eigenvalue weighted by Gasteiger charge is -2.47. The van der Waals surface area contributed by atoms with E-state index >= 15 is 0 Å². The van der Waals surface area contributed by atoms with Gasteiger partial charge in [-0.15, -0.1) is 0 Å². The van der Waals surface area contributed by atoms with Gasteiger partial charge < -0.3 is 25.8 Å². The van der Waals surface area contributed by atoms with E-state index in [9.17, 15) is 18.0 Å². The maximum absolute atomic E-state index is 13.4. The summed E-state index contributed by atoms with van der Waals surface area (Å²) in [5.74, 6) is 0.247. The van der Waals surface area contributed by atoms with E-state index in [2.05, 4.69) is 28.1 Å². The van der Waals surface area contributed by atoms with Crippen LogP contribution in [0.1, 0.15) is 36.5 Å². The normalized spacial score (nSPS) is 28.9. The highest BCUT2D eigenvalue weighted by atomic mass is 19.4. The first-order valence-corrected chi connectivity index (χ1v) is 11.0. The molecule has 0 bridgehead atoms. The number of amides is 2. The third-order valence-corrected chi connectivity index (χ3v) is 6.38. The molecule has 9 heteroatoms. The Morgan fingerprint density at radius 2 is 2.06 bits per heavy atom. The van der Waals surface area contributed by atoms with E-state index in [-0.39, 0.29) is 43.7 Å². The van der Waals surface area contributed by atoms with Gasteiger partial charge in [-0.25, -0.2) is 4.79 Å². The molecule has 5 atom stereocenters. The summed E-state index contributed by atoms with van der Waals surface area (Å²) in [6.07, 6.45) is 5.36. The molecule has 2 heterocycles. The highest BCUT2D eigenvalue weighted by molar-refractivity contribution is 5.73. The van der Waals surface area contributed by atoms with Crippen LogP contribution in [0.15, 0.2) is 42.5 Å². The number of allylic oxidation sites excluding steroid dienone is 3. The van der Waals surface area contributed by atoms with Crippen molar-refractivity contribution in [1.82, 2.24) is 10.6 Å². The van der Waals surface area contributed by atoms with E-state index in [1.165, 1.54) is 12.1 Å². The first-order chi connectivity index (χ1) is 15.4. The van der Waals surface area contributed by atoms with E-state index in [1.807, 2.05) is 12.2 Å². The number of fused-ring (bicyclic) bond motifs is 3. The molecule has 1 aromatic rings. The van der Waals surface area contributed by atoms with Crippen molar-refractivity contribution in [3.63, 3.8) is 0 Å². The molecule has 4 rings (SSSR count). The average Bonchev–Trinajstić information content (AvgIpc) is 2.80. The molecular formula is C23H28F3N3O3. The number of urea groups is 1. The summed E-state index contributed by atoms with van der Waals surface area (Å²) in [5.41, 5.74) is 0.496. The number of aliphatic hydroxyl groups excluding tert-OH is 1. The van der Waals surface area contributed by atoms with Crippen LogP contribution < -0.4 is 16.0 Å². The van der Waals surface area contributed by atoms with Crippen LogP contribution in [0.4, 0.5) is 23.7 Å². The first kappa shape index (κ1) is 22.7. The van der Waals surface area contributed by atoms with Crippen LogP contribution in [-0.4, -0.2) is 43.0 Å². The SMILES string of the molecule is O=C(NCCO)NC[C@H]1CC[C@@H]2[C@H](O1)c1cc(C(F)(F)F)ccc1N[C@H]2C1C=CC=CC1. The maximum atomic E-state index is 13.4. The fraction of sp³-hybridized carbons (Fsp3) is 0.522. The van der Waals surface area contributed by atoms with Crippen molar-refractivity contribution < 1.29 is 27.8 Å². The molecular weight excluding hydrogens is 423 g/mol. The second-order valence-electron chi connectivity index (χ2n) is 8.46. The predicted molar refractivity (Wildman–Crippen MR) is 114 cm³/mol. The van der Waals surface area contributed by atoms with Gasteiger partial charge in [0.1, 0.15) is 0 Å². The Labute approximate surface area is 184 Å². The van der Waals surface area contributed by atoms with Crippen molar-refractivity contribution in [2.75, 3.05) is 25.0 Å². The number of hydrogen-bond acceptors (Lipinski definition) is 4. The summed E-state index contributed by atoms with van der Waals surface area (Å²) < 4.78 is 46.5. The molecule has 1 saturated heterocycles. The quantitative estimate of drug-likeness (QED) is 0.550. The second-order valence-corrected chi connectivity index (χ2v) is 8.46. The molecule has 1 fully saturated rings. The summed E-state index contributed by atoms with van der Waals surface area (Å²) in [6, 6.07) is 3.43. The Balaban J connectivity index is 1.56. The van der Waals surface area contributed by atoms with E-state index in [0.717, 1.165) is 18.9 Å². The van der Waals surface area contributed by atoms with Gasteiger partial charge >= 0.3 is 12.2 Å². The van der Waals surface area contributed by atoms with Crippen LogP contribution in [0.5, 0.6) is 0 Å². The predicted octanol–water partition coefficient (Wildman–Crippen LogP) is 3.76. The highest BCUT2D eigenvalue weighted by Crippen LogP contribution is 2.49. The molecule has 0 radical (unpaired) electrons. The van der Waals surface area contributed by atoms with Crippen LogP contribution in [0.3, 0.4) is 0 Å². The standard InChI is InChI=1S/C23H28F3N3O3/c24-23(25,26)15-6-9-19-18(12-15)21-17(20(29-19)14-4-2-1-3-5-14)8-7-16(32-21)13-28-22(31)27-10-11-30/h1-4,6,9,12,14,16-17,20-21,29-30H,5,7-8,10-11,13H2,(H2,27,28,31)/t14?,16-,17+,20+,21+/m1/s1. The lowest BCUT2D eigenvalue weighted by atomic mass is 9.73. The first-order valence-electron chi connectivity index (χ1n) is 11.0. The summed E-state index contributed by atoms with van der Waals surface area (Å²) in [4.78, 5) is 11.8. The molecule has 0 aromatic heterocycles. The summed E-state index contributed by atoms with van der Waals surface area (Å²) in [7, 11) is 0. The van der Waals surface area contributed by atoms with Gasteiger partial charge in [0.05, 0.1) is 24.4 Å². The van der Waals surface area contributed by atoms with Crippen LogP contribution in [0, 0.1) is 11.8 Å².